The van der Waals surface area contributed by atoms with Gasteiger partial charge in [-0.25, -0.2) is 18.1 Å². The Balaban J connectivity index is 1.88. The molecule has 2 aromatic heterocycles. The number of halogens is 1. The van der Waals surface area contributed by atoms with Crippen molar-refractivity contribution in [3.8, 4) is 0 Å². The summed E-state index contributed by atoms with van der Waals surface area (Å²) >= 11 is 6.06. The minimum atomic E-state index is -3.65. The summed E-state index contributed by atoms with van der Waals surface area (Å²) in [5.41, 5.74) is 6.36. The number of aromatic amines is 1. The van der Waals surface area contributed by atoms with Gasteiger partial charge in [0.1, 0.15) is 10.5 Å². The number of rotatable bonds is 5. The molecule has 1 atom stereocenters. The normalized spacial score (nSPS) is 17.5. The van der Waals surface area contributed by atoms with Crippen molar-refractivity contribution in [2.75, 3.05) is 6.54 Å². The van der Waals surface area contributed by atoms with Gasteiger partial charge < -0.3 is 10.7 Å². The topological polar surface area (TPSA) is 101 Å². The summed E-state index contributed by atoms with van der Waals surface area (Å²) in [6.45, 7) is 0.234. The van der Waals surface area contributed by atoms with Gasteiger partial charge in [0.25, 0.3) is 0 Å². The minimum Gasteiger partial charge on any atom is -0.345 e. The van der Waals surface area contributed by atoms with E-state index in [1.54, 1.807) is 6.07 Å². The number of hydrogen-bond acceptors (Lipinski definition) is 4. The molecule has 2 heterocycles. The van der Waals surface area contributed by atoms with Gasteiger partial charge in [-0.05, 0) is 24.8 Å². The average molecular weight is 315 g/mol. The Labute approximate surface area is 121 Å². The number of pyridine rings is 1. The second-order valence-electron chi connectivity index (χ2n) is 5.02. The van der Waals surface area contributed by atoms with Crippen LogP contribution < -0.4 is 10.5 Å². The monoisotopic (exact) mass is 314 g/mol. The van der Waals surface area contributed by atoms with E-state index in [4.69, 9.17) is 17.3 Å². The zero-order valence-electron chi connectivity index (χ0n) is 10.6. The molecule has 6 nitrogen and oxygen atoms in total. The molecule has 0 spiro atoms. The molecular weight excluding hydrogens is 300 g/mol. The Morgan fingerprint density at radius 1 is 1.55 bits per heavy atom. The van der Waals surface area contributed by atoms with Crippen molar-refractivity contribution in [1.29, 1.82) is 0 Å². The summed E-state index contributed by atoms with van der Waals surface area (Å²) in [7, 11) is -3.65. The lowest BCUT2D eigenvalue weighted by molar-refractivity contribution is 0.548. The Morgan fingerprint density at radius 3 is 3.00 bits per heavy atom. The number of nitrogens with zero attached hydrogens (tertiary/aromatic N) is 1. The Kier molecular flexibility index (Phi) is 3.45. The lowest BCUT2D eigenvalue weighted by Gasteiger charge is -2.11. The largest absolute Gasteiger partial charge is 0.345 e. The van der Waals surface area contributed by atoms with E-state index in [1.807, 2.05) is 0 Å². The maximum atomic E-state index is 12.3. The van der Waals surface area contributed by atoms with Crippen LogP contribution >= 0.6 is 11.6 Å². The van der Waals surface area contributed by atoms with Gasteiger partial charge in [-0.2, -0.15) is 0 Å². The number of hydrogen-bond donors (Lipinski definition) is 3. The first kappa shape index (κ1) is 13.8. The quantitative estimate of drug-likeness (QED) is 0.772. The maximum Gasteiger partial charge on any atom is 0.242 e. The molecule has 4 N–H and O–H groups in total. The van der Waals surface area contributed by atoms with Crippen molar-refractivity contribution in [2.45, 2.75) is 23.8 Å². The molecule has 0 radical (unpaired) electrons. The van der Waals surface area contributed by atoms with Crippen LogP contribution in [0.2, 0.25) is 5.02 Å². The molecule has 1 unspecified atom stereocenters. The van der Waals surface area contributed by atoms with E-state index in [-0.39, 0.29) is 17.5 Å². The number of nitrogens with one attached hydrogen (secondary N) is 2. The zero-order valence-corrected chi connectivity index (χ0v) is 12.2. The molecule has 0 bridgehead atoms. The second kappa shape index (κ2) is 5.00. The molecule has 8 heteroatoms. The van der Waals surface area contributed by atoms with E-state index >= 15 is 0 Å². The van der Waals surface area contributed by atoms with Crippen molar-refractivity contribution >= 4 is 32.7 Å². The molecule has 1 aliphatic carbocycles. The standard InChI is InChI=1S/C12H15ClN4O2S/c13-8-3-4-15-12-11(8)10(6-16-12)20(18,19)17-5-9(14)7-1-2-7/h3-4,6-7,9,17H,1-2,5,14H2,(H,15,16). The predicted molar refractivity (Wildman–Crippen MR) is 77.0 cm³/mol. The third kappa shape index (κ3) is 2.54. The molecule has 0 aliphatic heterocycles. The fourth-order valence-electron chi connectivity index (χ4n) is 2.17. The zero-order chi connectivity index (χ0) is 14.3. The highest BCUT2D eigenvalue weighted by Crippen LogP contribution is 2.32. The van der Waals surface area contributed by atoms with Gasteiger partial charge >= 0.3 is 0 Å². The van der Waals surface area contributed by atoms with E-state index in [2.05, 4.69) is 14.7 Å². The first-order valence-corrected chi connectivity index (χ1v) is 8.22. The molecule has 0 amide bonds. The van der Waals surface area contributed by atoms with Crippen molar-refractivity contribution in [1.82, 2.24) is 14.7 Å². The Bertz CT molecular complexity index is 739. The van der Waals surface area contributed by atoms with Gasteiger partial charge in [-0.1, -0.05) is 11.6 Å². The van der Waals surface area contributed by atoms with Crippen LogP contribution in [0, 0.1) is 5.92 Å². The summed E-state index contributed by atoms with van der Waals surface area (Å²) in [6, 6.07) is 1.43. The minimum absolute atomic E-state index is 0.105. The van der Waals surface area contributed by atoms with Crippen molar-refractivity contribution in [3.63, 3.8) is 0 Å². The smallest absolute Gasteiger partial charge is 0.242 e. The molecule has 3 rings (SSSR count). The molecule has 0 aromatic carbocycles. The lowest BCUT2D eigenvalue weighted by Crippen LogP contribution is -2.38. The van der Waals surface area contributed by atoms with Crippen LogP contribution in [-0.2, 0) is 10.0 Å². The van der Waals surface area contributed by atoms with E-state index < -0.39 is 10.0 Å². The molecule has 1 fully saturated rings. The molecule has 20 heavy (non-hydrogen) atoms. The van der Waals surface area contributed by atoms with Crippen LogP contribution in [0.4, 0.5) is 0 Å². The van der Waals surface area contributed by atoms with Crippen molar-refractivity contribution in [2.24, 2.45) is 11.7 Å². The van der Waals surface area contributed by atoms with Crippen molar-refractivity contribution < 1.29 is 8.42 Å². The van der Waals surface area contributed by atoms with Crippen LogP contribution in [0.1, 0.15) is 12.8 Å². The fourth-order valence-corrected chi connectivity index (χ4v) is 3.74. The Morgan fingerprint density at radius 2 is 2.30 bits per heavy atom. The second-order valence-corrected chi connectivity index (χ2v) is 7.17. The SMILES string of the molecule is NC(CNS(=O)(=O)c1c[nH]c2nccc(Cl)c12)C1CC1. The first-order chi connectivity index (χ1) is 9.49. The van der Waals surface area contributed by atoms with Gasteiger partial charge in [-0.3, -0.25) is 0 Å². The van der Waals surface area contributed by atoms with E-state index in [9.17, 15) is 8.42 Å². The van der Waals surface area contributed by atoms with Crippen LogP contribution in [0.15, 0.2) is 23.4 Å². The summed E-state index contributed by atoms with van der Waals surface area (Å²) in [6.07, 6.45) is 5.07. The summed E-state index contributed by atoms with van der Waals surface area (Å²) < 4.78 is 27.2. The third-order valence-corrected chi connectivity index (χ3v) is 5.28. The number of fused-ring (bicyclic) bond motifs is 1. The van der Waals surface area contributed by atoms with Crippen molar-refractivity contribution in [3.05, 3.63) is 23.5 Å². The number of aromatic nitrogens is 2. The first-order valence-electron chi connectivity index (χ1n) is 6.36. The number of nitrogens with two attached hydrogens (primary N) is 1. The third-order valence-electron chi connectivity index (χ3n) is 3.51. The van der Waals surface area contributed by atoms with Gasteiger partial charge in [0, 0.05) is 25.0 Å². The maximum absolute atomic E-state index is 12.3. The van der Waals surface area contributed by atoms with E-state index in [0.29, 0.717) is 22.0 Å². The van der Waals surface area contributed by atoms with Gasteiger partial charge in [0.05, 0.1) is 10.4 Å². The van der Waals surface area contributed by atoms with E-state index in [0.717, 1.165) is 12.8 Å². The molecule has 2 aromatic rings. The summed E-state index contributed by atoms with van der Waals surface area (Å²) in [4.78, 5) is 6.97. The van der Waals surface area contributed by atoms with Gasteiger partial charge in [0.15, 0.2) is 0 Å². The predicted octanol–water partition coefficient (Wildman–Crippen LogP) is 1.23. The van der Waals surface area contributed by atoms with Gasteiger partial charge in [0.2, 0.25) is 10.0 Å². The van der Waals surface area contributed by atoms with Crippen LogP contribution in [0.3, 0.4) is 0 Å². The summed E-state index contributed by atoms with van der Waals surface area (Å²) in [5.74, 6) is 0.436. The van der Waals surface area contributed by atoms with Crippen LogP contribution in [0.5, 0.6) is 0 Å². The molecule has 0 saturated heterocycles. The number of sulfonamides is 1. The molecule has 108 valence electrons. The highest BCUT2D eigenvalue weighted by molar-refractivity contribution is 7.89. The average Bonchev–Trinajstić information content (AvgIpc) is 3.15. The molecule has 1 saturated carbocycles. The lowest BCUT2D eigenvalue weighted by atomic mass is 10.2. The highest BCUT2D eigenvalue weighted by atomic mass is 35.5. The fraction of sp³-hybridized carbons (Fsp3) is 0.417. The molecular formula is C12H15ClN4O2S. The van der Waals surface area contributed by atoms with Gasteiger partial charge in [-0.15, -0.1) is 0 Å². The van der Waals surface area contributed by atoms with E-state index in [1.165, 1.54) is 12.4 Å². The highest BCUT2D eigenvalue weighted by Gasteiger charge is 2.30. The van der Waals surface area contributed by atoms with Crippen LogP contribution in [0.25, 0.3) is 11.0 Å². The Hall–Kier alpha value is -1.15. The summed E-state index contributed by atoms with van der Waals surface area (Å²) in [5, 5.41) is 0.754. The molecule has 1 aliphatic rings. The van der Waals surface area contributed by atoms with Crippen LogP contribution in [-0.4, -0.2) is 31.0 Å². The number of H-pyrrole nitrogens is 1.